The zero-order chi connectivity index (χ0) is 13.6. The normalized spacial score (nSPS) is 13.1. The van der Waals surface area contributed by atoms with Gasteiger partial charge >= 0.3 is 6.09 Å². The topological polar surface area (TPSA) is 74.4 Å². The molecule has 5 nitrogen and oxygen atoms in total. The van der Waals surface area contributed by atoms with E-state index >= 15 is 0 Å². The molecule has 0 saturated heterocycles. The Morgan fingerprint density at radius 1 is 1.33 bits per heavy atom. The number of carbonyl (C=O) groups is 1. The molecule has 0 bridgehead atoms. The maximum Gasteiger partial charge on any atom is 0.404 e. The van der Waals surface area contributed by atoms with Gasteiger partial charge in [0.1, 0.15) is 6.61 Å². The molecule has 0 aliphatic rings. The Bertz CT molecular complexity index is 374. The molecule has 0 radical (unpaired) electrons. The molecule has 2 N–H and O–H groups in total. The van der Waals surface area contributed by atoms with Crippen molar-refractivity contribution in [1.29, 1.82) is 0 Å². The molecular weight excluding hydrogens is 232 g/mol. The molecular formula is C13H20N2O3. The number of aromatic nitrogens is 1. The third-order valence-corrected chi connectivity index (χ3v) is 2.41. The smallest absolute Gasteiger partial charge is 0.404 e. The van der Waals surface area contributed by atoms with Gasteiger partial charge in [-0.25, -0.2) is 4.79 Å². The summed E-state index contributed by atoms with van der Waals surface area (Å²) < 4.78 is 10.4. The van der Waals surface area contributed by atoms with Gasteiger partial charge in [0.15, 0.2) is 0 Å². The van der Waals surface area contributed by atoms with E-state index in [9.17, 15) is 4.79 Å². The van der Waals surface area contributed by atoms with Crippen LogP contribution in [0.2, 0.25) is 0 Å². The van der Waals surface area contributed by atoms with Gasteiger partial charge in [-0.05, 0) is 23.1 Å². The number of hydrogen-bond acceptors (Lipinski definition) is 4. The summed E-state index contributed by atoms with van der Waals surface area (Å²) in [5.41, 5.74) is 5.87. The standard InChI is InChI=1S/C13H20N2O3/c1-13(2,3)11(10-4-6-15-7-5-10)17-8-9-18-12(14)16/h4-7,11H,8-9H2,1-3H3,(H2,14,16). The Morgan fingerprint density at radius 2 is 1.94 bits per heavy atom. The number of rotatable bonds is 5. The van der Waals surface area contributed by atoms with Crippen LogP contribution < -0.4 is 5.73 Å². The monoisotopic (exact) mass is 252 g/mol. The summed E-state index contributed by atoms with van der Waals surface area (Å²) in [6.07, 6.45) is 2.60. The summed E-state index contributed by atoms with van der Waals surface area (Å²) in [7, 11) is 0. The highest BCUT2D eigenvalue weighted by atomic mass is 16.6. The molecule has 100 valence electrons. The van der Waals surface area contributed by atoms with Crippen molar-refractivity contribution < 1.29 is 14.3 Å². The molecule has 0 saturated carbocycles. The van der Waals surface area contributed by atoms with Crippen molar-refractivity contribution >= 4 is 6.09 Å². The highest BCUT2D eigenvalue weighted by Gasteiger charge is 2.27. The lowest BCUT2D eigenvalue weighted by Gasteiger charge is -2.31. The zero-order valence-corrected chi connectivity index (χ0v) is 11.1. The van der Waals surface area contributed by atoms with Crippen LogP contribution in [0, 0.1) is 5.41 Å². The molecule has 0 spiro atoms. The lowest BCUT2D eigenvalue weighted by atomic mass is 9.85. The van der Waals surface area contributed by atoms with Crippen molar-refractivity contribution in [3.05, 3.63) is 30.1 Å². The van der Waals surface area contributed by atoms with Crippen molar-refractivity contribution in [2.45, 2.75) is 26.9 Å². The highest BCUT2D eigenvalue weighted by Crippen LogP contribution is 2.35. The van der Waals surface area contributed by atoms with Crippen LogP contribution in [0.4, 0.5) is 4.79 Å². The molecule has 1 heterocycles. The average Bonchev–Trinajstić information content (AvgIpc) is 2.28. The van der Waals surface area contributed by atoms with E-state index in [1.54, 1.807) is 12.4 Å². The number of nitrogens with zero attached hydrogens (tertiary/aromatic N) is 1. The summed E-state index contributed by atoms with van der Waals surface area (Å²) in [4.78, 5) is 14.4. The minimum atomic E-state index is -0.783. The molecule has 0 aliphatic carbocycles. The molecule has 1 aromatic rings. The summed E-state index contributed by atoms with van der Waals surface area (Å²) in [6, 6.07) is 3.84. The molecule has 1 unspecified atom stereocenters. The summed E-state index contributed by atoms with van der Waals surface area (Å²) in [5, 5.41) is 0. The number of hydrogen-bond donors (Lipinski definition) is 1. The van der Waals surface area contributed by atoms with E-state index in [2.05, 4.69) is 30.5 Å². The summed E-state index contributed by atoms with van der Waals surface area (Å²) >= 11 is 0. The van der Waals surface area contributed by atoms with Crippen LogP contribution in [0.25, 0.3) is 0 Å². The minimum absolute atomic E-state index is 0.0614. The van der Waals surface area contributed by atoms with Gasteiger partial charge in [-0.1, -0.05) is 20.8 Å². The van der Waals surface area contributed by atoms with Crippen molar-refractivity contribution in [2.75, 3.05) is 13.2 Å². The van der Waals surface area contributed by atoms with Crippen molar-refractivity contribution in [3.8, 4) is 0 Å². The first-order valence-electron chi connectivity index (χ1n) is 5.85. The highest BCUT2D eigenvalue weighted by molar-refractivity contribution is 5.64. The van der Waals surface area contributed by atoms with Crippen molar-refractivity contribution in [1.82, 2.24) is 4.98 Å². The fraction of sp³-hybridized carbons (Fsp3) is 0.538. The third-order valence-electron chi connectivity index (χ3n) is 2.41. The first kappa shape index (κ1) is 14.4. The average molecular weight is 252 g/mol. The van der Waals surface area contributed by atoms with E-state index in [0.717, 1.165) is 5.56 Å². The predicted octanol–water partition coefficient (Wildman–Crippen LogP) is 2.28. The van der Waals surface area contributed by atoms with Gasteiger partial charge < -0.3 is 15.2 Å². The zero-order valence-electron chi connectivity index (χ0n) is 11.1. The molecule has 1 atom stereocenters. The molecule has 0 aromatic carbocycles. The van der Waals surface area contributed by atoms with Gasteiger partial charge in [0, 0.05) is 12.4 Å². The molecule has 1 aromatic heterocycles. The Kier molecular flexibility index (Phi) is 5.09. The number of ether oxygens (including phenoxy) is 2. The number of amides is 1. The van der Waals surface area contributed by atoms with Gasteiger partial charge in [0.2, 0.25) is 0 Å². The molecule has 0 fully saturated rings. The van der Waals surface area contributed by atoms with Crippen LogP contribution >= 0.6 is 0 Å². The van der Waals surface area contributed by atoms with E-state index in [1.165, 1.54) is 0 Å². The van der Waals surface area contributed by atoms with Crippen LogP contribution in [-0.4, -0.2) is 24.3 Å². The summed E-state index contributed by atoms with van der Waals surface area (Å²) in [6.45, 7) is 6.74. The minimum Gasteiger partial charge on any atom is -0.447 e. The number of pyridine rings is 1. The van der Waals surface area contributed by atoms with Gasteiger partial charge in [-0.3, -0.25) is 4.98 Å². The van der Waals surface area contributed by atoms with Crippen molar-refractivity contribution in [3.63, 3.8) is 0 Å². The Labute approximate surface area is 107 Å². The fourth-order valence-electron chi connectivity index (χ4n) is 1.69. The van der Waals surface area contributed by atoms with Crippen LogP contribution in [0.3, 0.4) is 0 Å². The first-order valence-corrected chi connectivity index (χ1v) is 5.85. The number of carbonyl (C=O) groups excluding carboxylic acids is 1. The molecule has 0 aliphatic heterocycles. The first-order chi connectivity index (χ1) is 8.41. The van der Waals surface area contributed by atoms with Gasteiger partial charge in [0.05, 0.1) is 12.7 Å². The molecule has 5 heteroatoms. The van der Waals surface area contributed by atoms with Crippen LogP contribution in [-0.2, 0) is 9.47 Å². The van der Waals surface area contributed by atoms with E-state index in [1.807, 2.05) is 12.1 Å². The maximum absolute atomic E-state index is 10.4. The van der Waals surface area contributed by atoms with Crippen LogP contribution in [0.1, 0.15) is 32.4 Å². The molecule has 1 rings (SSSR count). The Hall–Kier alpha value is -1.62. The van der Waals surface area contributed by atoms with E-state index in [0.29, 0.717) is 6.61 Å². The molecule has 1 amide bonds. The lowest BCUT2D eigenvalue weighted by Crippen LogP contribution is -2.24. The second kappa shape index (κ2) is 6.35. The second-order valence-electron chi connectivity index (χ2n) is 5.06. The Balaban J connectivity index is 2.61. The summed E-state index contributed by atoms with van der Waals surface area (Å²) in [5.74, 6) is 0. The number of primary amides is 1. The van der Waals surface area contributed by atoms with Crippen LogP contribution in [0.15, 0.2) is 24.5 Å². The largest absolute Gasteiger partial charge is 0.447 e. The third kappa shape index (κ3) is 4.71. The van der Waals surface area contributed by atoms with Gasteiger partial charge in [-0.15, -0.1) is 0 Å². The second-order valence-corrected chi connectivity index (χ2v) is 5.06. The van der Waals surface area contributed by atoms with E-state index in [4.69, 9.17) is 10.5 Å². The fourth-order valence-corrected chi connectivity index (χ4v) is 1.69. The Morgan fingerprint density at radius 3 is 2.44 bits per heavy atom. The van der Waals surface area contributed by atoms with E-state index < -0.39 is 6.09 Å². The number of nitrogens with two attached hydrogens (primary N) is 1. The lowest BCUT2D eigenvalue weighted by molar-refractivity contribution is -0.0351. The maximum atomic E-state index is 10.4. The van der Waals surface area contributed by atoms with Gasteiger partial charge in [-0.2, -0.15) is 0 Å². The quantitative estimate of drug-likeness (QED) is 0.816. The predicted molar refractivity (Wildman–Crippen MR) is 67.9 cm³/mol. The molecule has 18 heavy (non-hydrogen) atoms. The van der Waals surface area contributed by atoms with E-state index in [-0.39, 0.29) is 18.1 Å². The SMILES string of the molecule is CC(C)(C)C(OCCOC(N)=O)c1ccncc1. The van der Waals surface area contributed by atoms with Crippen LogP contribution in [0.5, 0.6) is 0 Å². The van der Waals surface area contributed by atoms with Crippen molar-refractivity contribution in [2.24, 2.45) is 11.1 Å². The van der Waals surface area contributed by atoms with Gasteiger partial charge in [0.25, 0.3) is 0 Å².